The molecule has 1 aromatic carbocycles. The summed E-state index contributed by atoms with van der Waals surface area (Å²) in [6.07, 6.45) is 1.76. The molecular weight excluding hydrogens is 268 g/mol. The molecule has 0 aliphatic carbocycles. The Balaban J connectivity index is 2.85. The average molecular weight is 283 g/mol. The second-order valence-electron chi connectivity index (χ2n) is 4.54. The highest BCUT2D eigenvalue weighted by molar-refractivity contribution is 5.96. The number of carbonyl (C=O) groups excluding carboxylic acids is 1. The van der Waals surface area contributed by atoms with Crippen molar-refractivity contribution in [3.05, 3.63) is 47.0 Å². The Morgan fingerprint density at radius 2 is 1.80 bits per heavy atom. The normalized spacial score (nSPS) is 11.6. The number of carboxylic acid groups (broad SMARTS) is 1. The Morgan fingerprint density at radius 3 is 2.25 bits per heavy atom. The standard InChI is InChI=1S/C14H15F2NO3/c1-8(2)3-4-12(14(19)20)17-13(18)9-5-10(15)7-11(16)6-9/h3,5-7,12H,4H2,1-2H3,(H,17,18)(H,19,20)/t12-/m1/s1. The van der Waals surface area contributed by atoms with Gasteiger partial charge in [0.05, 0.1) is 0 Å². The third-order valence-electron chi connectivity index (χ3n) is 2.49. The molecule has 0 saturated carbocycles. The SMILES string of the molecule is CC(C)=CC[C@@H](NC(=O)c1cc(F)cc(F)c1)C(=O)O. The van der Waals surface area contributed by atoms with Crippen LogP contribution in [0.15, 0.2) is 29.8 Å². The van der Waals surface area contributed by atoms with Crippen LogP contribution in [-0.4, -0.2) is 23.0 Å². The summed E-state index contributed by atoms with van der Waals surface area (Å²) < 4.78 is 26.0. The minimum absolute atomic E-state index is 0.0984. The van der Waals surface area contributed by atoms with Crippen molar-refractivity contribution >= 4 is 11.9 Å². The first kappa shape index (κ1) is 15.8. The van der Waals surface area contributed by atoms with Crippen LogP contribution in [0.4, 0.5) is 8.78 Å². The number of aliphatic carboxylic acids is 1. The first-order chi connectivity index (χ1) is 9.29. The van der Waals surface area contributed by atoms with Gasteiger partial charge in [-0.1, -0.05) is 11.6 Å². The molecular formula is C14H15F2NO3. The molecule has 1 amide bonds. The van der Waals surface area contributed by atoms with Crippen molar-refractivity contribution in [3.63, 3.8) is 0 Å². The lowest BCUT2D eigenvalue weighted by molar-refractivity contribution is -0.139. The number of allylic oxidation sites excluding steroid dienone is 1. The second kappa shape index (κ2) is 6.79. The molecule has 1 atom stereocenters. The van der Waals surface area contributed by atoms with Crippen LogP contribution < -0.4 is 5.32 Å². The molecule has 0 saturated heterocycles. The maximum atomic E-state index is 13.0. The molecule has 0 radical (unpaired) electrons. The predicted molar refractivity (Wildman–Crippen MR) is 69.3 cm³/mol. The van der Waals surface area contributed by atoms with E-state index in [2.05, 4.69) is 5.32 Å². The highest BCUT2D eigenvalue weighted by Gasteiger charge is 2.20. The molecule has 0 aromatic heterocycles. The molecule has 1 rings (SSSR count). The van der Waals surface area contributed by atoms with Gasteiger partial charge in [0.2, 0.25) is 0 Å². The van der Waals surface area contributed by atoms with Gasteiger partial charge in [0, 0.05) is 11.6 Å². The van der Waals surface area contributed by atoms with Gasteiger partial charge in [-0.25, -0.2) is 13.6 Å². The monoisotopic (exact) mass is 283 g/mol. The van der Waals surface area contributed by atoms with Crippen molar-refractivity contribution in [1.82, 2.24) is 5.32 Å². The van der Waals surface area contributed by atoms with Crippen LogP contribution in [0.5, 0.6) is 0 Å². The van der Waals surface area contributed by atoms with Gasteiger partial charge >= 0.3 is 5.97 Å². The zero-order valence-corrected chi connectivity index (χ0v) is 11.1. The lowest BCUT2D eigenvalue weighted by Gasteiger charge is -2.13. The number of carbonyl (C=O) groups is 2. The van der Waals surface area contributed by atoms with Crippen molar-refractivity contribution < 1.29 is 23.5 Å². The zero-order chi connectivity index (χ0) is 15.3. The summed E-state index contributed by atoms with van der Waals surface area (Å²) in [4.78, 5) is 22.8. The summed E-state index contributed by atoms with van der Waals surface area (Å²) in [5.41, 5.74) is 0.647. The molecule has 108 valence electrons. The summed E-state index contributed by atoms with van der Waals surface area (Å²) in [6, 6.07) is 1.18. The van der Waals surface area contributed by atoms with Crippen molar-refractivity contribution in [2.45, 2.75) is 26.3 Å². The average Bonchev–Trinajstić information content (AvgIpc) is 2.32. The van der Waals surface area contributed by atoms with Gasteiger partial charge in [0.25, 0.3) is 5.91 Å². The topological polar surface area (TPSA) is 66.4 Å². The summed E-state index contributed by atoms with van der Waals surface area (Å²) in [5, 5.41) is 11.2. The predicted octanol–water partition coefficient (Wildman–Crippen LogP) is 2.50. The Hall–Kier alpha value is -2.24. The van der Waals surface area contributed by atoms with Gasteiger partial charge in [-0.2, -0.15) is 0 Å². The number of hydrogen-bond acceptors (Lipinski definition) is 2. The molecule has 0 spiro atoms. The summed E-state index contributed by atoms with van der Waals surface area (Å²) >= 11 is 0. The fourth-order valence-electron chi connectivity index (χ4n) is 1.50. The largest absolute Gasteiger partial charge is 0.480 e. The molecule has 20 heavy (non-hydrogen) atoms. The molecule has 0 bridgehead atoms. The van der Waals surface area contributed by atoms with Crippen LogP contribution in [0.1, 0.15) is 30.6 Å². The first-order valence-electron chi connectivity index (χ1n) is 5.92. The number of amides is 1. The van der Waals surface area contributed by atoms with Crippen molar-refractivity contribution in [1.29, 1.82) is 0 Å². The number of carboxylic acids is 1. The van der Waals surface area contributed by atoms with E-state index in [0.29, 0.717) is 6.07 Å². The Morgan fingerprint density at radius 1 is 1.25 bits per heavy atom. The minimum atomic E-state index is -1.22. The third-order valence-corrected chi connectivity index (χ3v) is 2.49. The van der Waals surface area contributed by atoms with E-state index in [1.807, 2.05) is 0 Å². The van der Waals surface area contributed by atoms with E-state index in [1.54, 1.807) is 19.9 Å². The molecule has 0 unspecified atom stereocenters. The number of nitrogens with one attached hydrogen (secondary N) is 1. The van der Waals surface area contributed by atoms with E-state index in [1.165, 1.54) is 0 Å². The van der Waals surface area contributed by atoms with Gasteiger partial charge in [0.15, 0.2) is 0 Å². The quantitative estimate of drug-likeness (QED) is 0.816. The molecule has 1 aromatic rings. The Bertz CT molecular complexity index is 531. The fraction of sp³-hybridized carbons (Fsp3) is 0.286. The Labute approximate surface area is 115 Å². The van der Waals surface area contributed by atoms with E-state index in [-0.39, 0.29) is 12.0 Å². The van der Waals surface area contributed by atoms with Crippen LogP contribution in [0.2, 0.25) is 0 Å². The molecule has 4 nitrogen and oxygen atoms in total. The van der Waals surface area contributed by atoms with Gasteiger partial charge in [-0.15, -0.1) is 0 Å². The minimum Gasteiger partial charge on any atom is -0.480 e. The summed E-state index contributed by atoms with van der Waals surface area (Å²) in [5.74, 6) is -3.84. The first-order valence-corrected chi connectivity index (χ1v) is 5.92. The Kier molecular flexibility index (Phi) is 5.37. The zero-order valence-electron chi connectivity index (χ0n) is 11.1. The van der Waals surface area contributed by atoms with Crippen LogP contribution in [0.3, 0.4) is 0 Å². The third kappa shape index (κ3) is 4.79. The van der Waals surface area contributed by atoms with Crippen LogP contribution >= 0.6 is 0 Å². The lowest BCUT2D eigenvalue weighted by atomic mass is 10.1. The summed E-state index contributed by atoms with van der Waals surface area (Å²) in [6.45, 7) is 3.59. The number of rotatable bonds is 5. The van der Waals surface area contributed by atoms with Crippen molar-refractivity contribution in [3.8, 4) is 0 Å². The van der Waals surface area contributed by atoms with E-state index in [4.69, 9.17) is 5.11 Å². The molecule has 0 fully saturated rings. The van der Waals surface area contributed by atoms with Crippen LogP contribution in [0.25, 0.3) is 0 Å². The van der Waals surface area contributed by atoms with E-state index < -0.39 is 29.6 Å². The molecule has 0 heterocycles. The number of hydrogen-bond donors (Lipinski definition) is 2. The molecule has 0 aliphatic heterocycles. The van der Waals surface area contributed by atoms with E-state index in [0.717, 1.165) is 17.7 Å². The molecule has 2 N–H and O–H groups in total. The maximum absolute atomic E-state index is 13.0. The van der Waals surface area contributed by atoms with Crippen LogP contribution in [-0.2, 0) is 4.79 Å². The van der Waals surface area contributed by atoms with E-state index >= 15 is 0 Å². The molecule has 0 aliphatic rings. The van der Waals surface area contributed by atoms with Crippen molar-refractivity contribution in [2.24, 2.45) is 0 Å². The van der Waals surface area contributed by atoms with Crippen molar-refractivity contribution in [2.75, 3.05) is 0 Å². The summed E-state index contributed by atoms with van der Waals surface area (Å²) in [7, 11) is 0. The highest BCUT2D eigenvalue weighted by Crippen LogP contribution is 2.09. The van der Waals surface area contributed by atoms with Crippen LogP contribution in [0, 0.1) is 11.6 Å². The van der Waals surface area contributed by atoms with Gasteiger partial charge in [0.1, 0.15) is 17.7 Å². The van der Waals surface area contributed by atoms with E-state index in [9.17, 15) is 18.4 Å². The number of benzene rings is 1. The van der Waals surface area contributed by atoms with Gasteiger partial charge < -0.3 is 10.4 Å². The number of halogens is 2. The van der Waals surface area contributed by atoms with Gasteiger partial charge in [-0.3, -0.25) is 4.79 Å². The second-order valence-corrected chi connectivity index (χ2v) is 4.54. The van der Waals surface area contributed by atoms with Gasteiger partial charge in [-0.05, 0) is 32.4 Å². The molecule has 6 heteroatoms. The highest BCUT2D eigenvalue weighted by atomic mass is 19.1. The lowest BCUT2D eigenvalue weighted by Crippen LogP contribution is -2.40. The maximum Gasteiger partial charge on any atom is 0.326 e. The fourth-order valence-corrected chi connectivity index (χ4v) is 1.50. The smallest absolute Gasteiger partial charge is 0.326 e.